The minimum absolute atomic E-state index is 0.279. The molecule has 0 radical (unpaired) electrons. The van der Waals surface area contributed by atoms with E-state index in [1.807, 2.05) is 19.9 Å². The van der Waals surface area contributed by atoms with Gasteiger partial charge in [-0.15, -0.1) is 0 Å². The Bertz CT molecular complexity index is 431. The van der Waals surface area contributed by atoms with Crippen LogP contribution in [0.4, 0.5) is 0 Å². The number of Topliss-reactive ketones (excluding diaryl/α,β-unsaturated/α-hetero) is 1. The Balaban J connectivity index is 2.00. The van der Waals surface area contributed by atoms with E-state index in [-0.39, 0.29) is 5.78 Å². The number of ketones is 1. The molecule has 0 amide bonds. The molecule has 0 N–H and O–H groups in total. The molecule has 0 atom stereocenters. The molecular formula is C17H25NO. The van der Waals surface area contributed by atoms with Crippen molar-refractivity contribution in [3.05, 3.63) is 34.9 Å². The highest BCUT2D eigenvalue weighted by molar-refractivity contribution is 5.99. The van der Waals surface area contributed by atoms with E-state index in [4.69, 9.17) is 0 Å². The lowest BCUT2D eigenvalue weighted by Gasteiger charge is -2.24. The van der Waals surface area contributed by atoms with Crippen LogP contribution in [0, 0.1) is 13.8 Å². The molecule has 0 aliphatic carbocycles. The second kappa shape index (κ2) is 6.85. The van der Waals surface area contributed by atoms with Crippen LogP contribution in [-0.2, 0) is 0 Å². The number of rotatable bonds is 3. The van der Waals surface area contributed by atoms with Crippen molar-refractivity contribution < 1.29 is 4.79 Å². The normalized spacial score (nSPS) is 17.8. The van der Waals surface area contributed by atoms with Crippen LogP contribution in [0.3, 0.4) is 0 Å². The van der Waals surface area contributed by atoms with E-state index in [0.29, 0.717) is 6.54 Å². The van der Waals surface area contributed by atoms with Crippen molar-refractivity contribution in [2.24, 2.45) is 0 Å². The molecule has 0 unspecified atom stereocenters. The molecule has 1 saturated heterocycles. The van der Waals surface area contributed by atoms with Gasteiger partial charge >= 0.3 is 0 Å². The van der Waals surface area contributed by atoms with Crippen molar-refractivity contribution in [3.63, 3.8) is 0 Å². The summed E-state index contributed by atoms with van der Waals surface area (Å²) >= 11 is 0. The summed E-state index contributed by atoms with van der Waals surface area (Å²) in [6, 6.07) is 6.15. The first-order valence-electron chi connectivity index (χ1n) is 7.49. The van der Waals surface area contributed by atoms with Gasteiger partial charge in [-0.25, -0.2) is 0 Å². The third-order valence-electron chi connectivity index (χ3n) is 4.01. The van der Waals surface area contributed by atoms with Crippen LogP contribution in [-0.4, -0.2) is 30.3 Å². The predicted molar refractivity (Wildman–Crippen MR) is 79.8 cm³/mol. The Morgan fingerprint density at radius 2 is 1.68 bits per heavy atom. The van der Waals surface area contributed by atoms with Gasteiger partial charge in [0, 0.05) is 5.56 Å². The number of carbonyl (C=O) groups is 1. The summed E-state index contributed by atoms with van der Waals surface area (Å²) in [6.45, 7) is 6.82. The van der Waals surface area contributed by atoms with Crippen molar-refractivity contribution in [1.29, 1.82) is 0 Å². The van der Waals surface area contributed by atoms with E-state index in [0.717, 1.165) is 24.2 Å². The Morgan fingerprint density at radius 1 is 1.05 bits per heavy atom. The number of hydrogen-bond donors (Lipinski definition) is 0. The summed E-state index contributed by atoms with van der Waals surface area (Å²) < 4.78 is 0. The lowest BCUT2D eigenvalue weighted by Crippen LogP contribution is -2.33. The molecule has 0 aromatic heterocycles. The van der Waals surface area contributed by atoms with Gasteiger partial charge in [0.1, 0.15) is 0 Å². The first-order chi connectivity index (χ1) is 9.16. The number of hydrogen-bond acceptors (Lipinski definition) is 2. The van der Waals surface area contributed by atoms with Gasteiger partial charge in [0.25, 0.3) is 0 Å². The number of nitrogens with zero attached hydrogens (tertiary/aromatic N) is 1. The minimum atomic E-state index is 0.279. The zero-order valence-electron chi connectivity index (χ0n) is 12.2. The third-order valence-corrected chi connectivity index (χ3v) is 4.01. The van der Waals surface area contributed by atoms with Gasteiger partial charge in [0.2, 0.25) is 0 Å². The fourth-order valence-electron chi connectivity index (χ4n) is 2.80. The minimum Gasteiger partial charge on any atom is -0.296 e. The molecular weight excluding hydrogens is 234 g/mol. The smallest absolute Gasteiger partial charge is 0.177 e. The highest BCUT2D eigenvalue weighted by Gasteiger charge is 2.15. The first kappa shape index (κ1) is 14.3. The van der Waals surface area contributed by atoms with E-state index < -0.39 is 0 Å². The molecule has 1 aliphatic rings. The molecule has 19 heavy (non-hydrogen) atoms. The van der Waals surface area contributed by atoms with Crippen molar-refractivity contribution in [3.8, 4) is 0 Å². The van der Waals surface area contributed by atoms with E-state index in [9.17, 15) is 4.79 Å². The predicted octanol–water partition coefficient (Wildman–Crippen LogP) is 3.75. The number of benzene rings is 1. The average molecular weight is 259 g/mol. The SMILES string of the molecule is Cc1ccc(C)c(C(=O)CN2CCCCCCC2)c1. The lowest BCUT2D eigenvalue weighted by atomic mass is 10.0. The molecule has 1 fully saturated rings. The maximum atomic E-state index is 12.4. The fraction of sp³-hybridized carbons (Fsp3) is 0.588. The quantitative estimate of drug-likeness (QED) is 0.770. The molecule has 1 aromatic rings. The van der Waals surface area contributed by atoms with Crippen molar-refractivity contribution in [2.75, 3.05) is 19.6 Å². The standard InChI is InChI=1S/C17H25NO/c1-14-8-9-15(2)16(12-14)17(19)13-18-10-6-4-3-5-7-11-18/h8-9,12H,3-7,10-11,13H2,1-2H3. The summed E-state index contributed by atoms with van der Waals surface area (Å²) in [5, 5.41) is 0. The largest absolute Gasteiger partial charge is 0.296 e. The van der Waals surface area contributed by atoms with Gasteiger partial charge in [-0.2, -0.15) is 0 Å². The highest BCUT2D eigenvalue weighted by Crippen LogP contribution is 2.14. The molecule has 2 nitrogen and oxygen atoms in total. The maximum absolute atomic E-state index is 12.4. The Hall–Kier alpha value is -1.15. The summed E-state index contributed by atoms with van der Waals surface area (Å²) in [6.07, 6.45) is 6.46. The van der Waals surface area contributed by atoms with Gasteiger partial charge in [-0.05, 0) is 51.4 Å². The highest BCUT2D eigenvalue weighted by atomic mass is 16.1. The molecule has 0 saturated carbocycles. The summed E-state index contributed by atoms with van der Waals surface area (Å²) in [7, 11) is 0. The topological polar surface area (TPSA) is 20.3 Å². The zero-order valence-corrected chi connectivity index (χ0v) is 12.2. The van der Waals surface area contributed by atoms with E-state index in [1.54, 1.807) is 0 Å². The van der Waals surface area contributed by atoms with Crippen LogP contribution in [0.2, 0.25) is 0 Å². The van der Waals surface area contributed by atoms with E-state index in [2.05, 4.69) is 17.0 Å². The molecule has 1 aliphatic heterocycles. The van der Waals surface area contributed by atoms with Crippen LogP contribution in [0.1, 0.15) is 53.6 Å². The van der Waals surface area contributed by atoms with Crippen molar-refractivity contribution >= 4 is 5.78 Å². The summed E-state index contributed by atoms with van der Waals surface area (Å²) in [4.78, 5) is 14.8. The van der Waals surface area contributed by atoms with Gasteiger partial charge in [0.05, 0.1) is 6.54 Å². The zero-order chi connectivity index (χ0) is 13.7. The molecule has 2 heteroatoms. The number of carbonyl (C=O) groups excluding carboxylic acids is 1. The molecule has 0 spiro atoms. The van der Waals surface area contributed by atoms with Gasteiger partial charge < -0.3 is 0 Å². The summed E-state index contributed by atoms with van der Waals surface area (Å²) in [5.74, 6) is 0.279. The second-order valence-electron chi connectivity index (χ2n) is 5.79. The van der Waals surface area contributed by atoms with Crippen molar-refractivity contribution in [1.82, 2.24) is 4.90 Å². The number of aryl methyl sites for hydroxylation is 2. The van der Waals surface area contributed by atoms with Crippen LogP contribution in [0.5, 0.6) is 0 Å². The molecule has 1 aromatic carbocycles. The molecule has 0 bridgehead atoms. The Labute approximate surface area is 116 Å². The van der Waals surface area contributed by atoms with Crippen LogP contribution < -0.4 is 0 Å². The van der Waals surface area contributed by atoms with Gasteiger partial charge in [0.15, 0.2) is 5.78 Å². The first-order valence-corrected chi connectivity index (χ1v) is 7.49. The van der Waals surface area contributed by atoms with E-state index in [1.165, 1.54) is 37.7 Å². The maximum Gasteiger partial charge on any atom is 0.177 e. The summed E-state index contributed by atoms with van der Waals surface area (Å²) in [5.41, 5.74) is 3.17. The second-order valence-corrected chi connectivity index (χ2v) is 5.79. The van der Waals surface area contributed by atoms with Crippen LogP contribution in [0.15, 0.2) is 18.2 Å². The van der Waals surface area contributed by atoms with Crippen LogP contribution in [0.25, 0.3) is 0 Å². The van der Waals surface area contributed by atoms with Crippen molar-refractivity contribution in [2.45, 2.75) is 46.0 Å². The van der Waals surface area contributed by atoms with Crippen LogP contribution >= 0.6 is 0 Å². The lowest BCUT2D eigenvalue weighted by molar-refractivity contribution is 0.0923. The molecule has 104 valence electrons. The van der Waals surface area contributed by atoms with Gasteiger partial charge in [-0.3, -0.25) is 9.69 Å². The molecule has 1 heterocycles. The Morgan fingerprint density at radius 3 is 2.37 bits per heavy atom. The third kappa shape index (κ3) is 4.17. The number of likely N-dealkylation sites (tertiary alicyclic amines) is 1. The van der Waals surface area contributed by atoms with E-state index >= 15 is 0 Å². The Kier molecular flexibility index (Phi) is 5.15. The monoisotopic (exact) mass is 259 g/mol. The molecule has 2 rings (SSSR count). The fourth-order valence-corrected chi connectivity index (χ4v) is 2.80. The van der Waals surface area contributed by atoms with Gasteiger partial charge in [-0.1, -0.05) is 37.0 Å². The average Bonchev–Trinajstić information content (AvgIpc) is 2.35.